The highest BCUT2D eigenvalue weighted by Crippen LogP contribution is 2.10. The topological polar surface area (TPSA) is 54.3 Å². The van der Waals surface area contributed by atoms with Crippen molar-refractivity contribution >= 4 is 17.9 Å². The molecule has 0 aromatic carbocycles. The Morgan fingerprint density at radius 1 is 1.46 bits per heavy atom. The number of halogens is 1. The number of hydrogen-bond acceptors (Lipinski definition) is 3. The summed E-state index contributed by atoms with van der Waals surface area (Å²) >= 11 is 0. The molecule has 0 bridgehead atoms. The van der Waals surface area contributed by atoms with Crippen LogP contribution in [0.25, 0.3) is 0 Å². The first-order valence-corrected chi connectivity index (χ1v) is 3.83. The normalized spacial score (nSPS) is 15.5. The largest absolute Gasteiger partial charge is 0.384 e. The molecule has 0 saturated heterocycles. The molecule has 0 saturated carbocycles. The fraction of sp³-hybridized carbons (Fsp3) is 0.125. The van der Waals surface area contributed by atoms with Gasteiger partial charge in [-0.05, 0) is 11.1 Å². The van der Waals surface area contributed by atoms with Crippen molar-refractivity contribution in [3.8, 4) is 0 Å². The van der Waals surface area contributed by atoms with Crippen molar-refractivity contribution in [1.82, 2.24) is 4.98 Å². The lowest BCUT2D eigenvalue weighted by Gasteiger charge is -1.89. The van der Waals surface area contributed by atoms with Crippen LogP contribution in [0.2, 0.25) is 0 Å². The third-order valence-electron chi connectivity index (χ3n) is 1.66. The van der Waals surface area contributed by atoms with E-state index in [0.717, 1.165) is 6.20 Å². The van der Waals surface area contributed by atoms with Gasteiger partial charge in [-0.2, -0.15) is 0 Å². The van der Waals surface area contributed by atoms with E-state index in [0.29, 0.717) is 18.1 Å². The number of aromatic nitrogens is 1. The van der Waals surface area contributed by atoms with Gasteiger partial charge in [-0.1, -0.05) is 5.10 Å². The fourth-order valence-corrected chi connectivity index (χ4v) is 1.05. The maximum Gasteiger partial charge on any atom is 0.347 e. The predicted molar refractivity (Wildman–Crippen MR) is 46.4 cm³/mol. The Hall–Kier alpha value is -1.78. The van der Waals surface area contributed by atoms with Crippen molar-refractivity contribution in [2.24, 2.45) is 10.8 Å². The van der Waals surface area contributed by atoms with E-state index in [1.54, 1.807) is 12.3 Å². The minimum atomic E-state index is -0.361. The average molecular weight is 179 g/mol. The van der Waals surface area contributed by atoms with E-state index in [2.05, 4.69) is 10.1 Å². The van der Waals surface area contributed by atoms with Gasteiger partial charge in [0, 0.05) is 6.07 Å². The van der Waals surface area contributed by atoms with Gasteiger partial charge in [0.05, 0.1) is 6.42 Å². The van der Waals surface area contributed by atoms with Gasteiger partial charge in [-0.25, -0.2) is 4.39 Å². The molecular formula is C8H8FN4+. The lowest BCUT2D eigenvalue weighted by Crippen LogP contribution is -2.07. The predicted octanol–water partition coefficient (Wildman–Crippen LogP) is 0.611. The summed E-state index contributed by atoms with van der Waals surface area (Å²) in [5.41, 5.74) is 5.47. The third kappa shape index (κ3) is 1.53. The van der Waals surface area contributed by atoms with Crippen LogP contribution in [0.15, 0.2) is 23.4 Å². The first kappa shape index (κ1) is 7.85. The van der Waals surface area contributed by atoms with Gasteiger partial charge < -0.3 is 5.73 Å². The number of nitrogens with two attached hydrogens (primary N) is 1. The number of hydrogen-bond donors (Lipinski definition) is 1. The minimum absolute atomic E-state index is 0.361. The zero-order valence-electron chi connectivity index (χ0n) is 6.81. The van der Waals surface area contributed by atoms with Gasteiger partial charge in [-0.15, -0.1) is 4.68 Å². The van der Waals surface area contributed by atoms with E-state index < -0.39 is 0 Å². The lowest BCUT2D eigenvalue weighted by molar-refractivity contribution is -0.441. The average Bonchev–Trinajstić information content (AvgIpc) is 2.53. The molecule has 0 spiro atoms. The van der Waals surface area contributed by atoms with Gasteiger partial charge in [0.25, 0.3) is 0 Å². The molecule has 1 aromatic rings. The summed E-state index contributed by atoms with van der Waals surface area (Å²) in [5.74, 6) is 0.743. The number of amidine groups is 1. The van der Waals surface area contributed by atoms with Gasteiger partial charge in [0.2, 0.25) is 0 Å². The first-order valence-electron chi connectivity index (χ1n) is 3.83. The van der Waals surface area contributed by atoms with Crippen LogP contribution in [0.1, 0.15) is 6.42 Å². The molecule has 13 heavy (non-hydrogen) atoms. The highest BCUT2D eigenvalue weighted by atomic mass is 19.1. The van der Waals surface area contributed by atoms with E-state index in [1.165, 1.54) is 10.8 Å². The molecule has 1 aliphatic heterocycles. The van der Waals surface area contributed by atoms with Gasteiger partial charge in [0.15, 0.2) is 17.8 Å². The smallest absolute Gasteiger partial charge is 0.347 e. The zero-order chi connectivity index (χ0) is 9.26. The number of rotatable bonds is 1. The number of hydrazone groups is 1. The second-order valence-corrected chi connectivity index (χ2v) is 2.66. The van der Waals surface area contributed by atoms with Crippen LogP contribution in [-0.4, -0.2) is 21.7 Å². The van der Waals surface area contributed by atoms with Crippen LogP contribution in [0, 0.1) is 5.82 Å². The molecular weight excluding hydrogens is 171 g/mol. The molecule has 66 valence electrons. The van der Waals surface area contributed by atoms with Crippen molar-refractivity contribution in [3.05, 3.63) is 24.1 Å². The third-order valence-corrected chi connectivity index (χ3v) is 1.66. The summed E-state index contributed by atoms with van der Waals surface area (Å²) in [5, 5.41) is 3.98. The van der Waals surface area contributed by atoms with Gasteiger partial charge in [-0.3, -0.25) is 0 Å². The Labute approximate surface area is 74.2 Å². The summed E-state index contributed by atoms with van der Waals surface area (Å²) < 4.78 is 14.0. The standard InChI is InChI=1S/C8H8FN4/c9-6-1-2-8(11-5-6)13-4-3-7(10)12-13/h1-2,4-5H,3H2,(H2,10,12)/q+1. The molecule has 5 heteroatoms. The van der Waals surface area contributed by atoms with E-state index >= 15 is 0 Å². The lowest BCUT2D eigenvalue weighted by atomic mass is 10.4. The quantitative estimate of drug-likeness (QED) is 0.642. The van der Waals surface area contributed by atoms with Crippen LogP contribution in [0.5, 0.6) is 0 Å². The molecule has 0 unspecified atom stereocenters. The van der Waals surface area contributed by atoms with E-state index in [4.69, 9.17) is 5.73 Å². The molecule has 0 amide bonds. The maximum atomic E-state index is 12.5. The SMILES string of the molecule is NC1=N[N+](c2ccc(F)cn2)=CC1. The molecule has 4 nitrogen and oxygen atoms in total. The summed E-state index contributed by atoms with van der Waals surface area (Å²) in [7, 11) is 0. The molecule has 0 radical (unpaired) electrons. The van der Waals surface area contributed by atoms with E-state index in [9.17, 15) is 4.39 Å². The van der Waals surface area contributed by atoms with Crippen LogP contribution >= 0.6 is 0 Å². The van der Waals surface area contributed by atoms with Gasteiger partial charge in [0.1, 0.15) is 6.21 Å². The van der Waals surface area contributed by atoms with Crippen molar-refractivity contribution in [1.29, 1.82) is 0 Å². The van der Waals surface area contributed by atoms with Gasteiger partial charge >= 0.3 is 5.82 Å². The highest BCUT2D eigenvalue weighted by molar-refractivity contribution is 5.93. The summed E-state index contributed by atoms with van der Waals surface area (Å²) in [6.07, 6.45) is 3.54. The fourth-order valence-electron chi connectivity index (χ4n) is 1.05. The Morgan fingerprint density at radius 3 is 2.85 bits per heavy atom. The zero-order valence-corrected chi connectivity index (χ0v) is 6.81. The second-order valence-electron chi connectivity index (χ2n) is 2.66. The second kappa shape index (κ2) is 2.93. The molecule has 2 N–H and O–H groups in total. The molecule has 1 aromatic heterocycles. The van der Waals surface area contributed by atoms with Crippen molar-refractivity contribution in [3.63, 3.8) is 0 Å². The van der Waals surface area contributed by atoms with Crippen molar-refractivity contribution in [2.45, 2.75) is 6.42 Å². The monoisotopic (exact) mass is 179 g/mol. The summed E-state index contributed by atoms with van der Waals surface area (Å²) in [4.78, 5) is 3.85. The minimum Gasteiger partial charge on any atom is -0.384 e. The number of pyridine rings is 1. The van der Waals surface area contributed by atoms with Crippen LogP contribution in [0.3, 0.4) is 0 Å². The number of nitrogens with zero attached hydrogens (tertiary/aromatic N) is 3. The first-order chi connectivity index (χ1) is 6.25. The van der Waals surface area contributed by atoms with Crippen LogP contribution in [0.4, 0.5) is 10.2 Å². The van der Waals surface area contributed by atoms with Crippen molar-refractivity contribution < 1.29 is 9.07 Å². The Balaban J connectivity index is 2.32. The molecule has 1 aliphatic rings. The Morgan fingerprint density at radius 2 is 2.31 bits per heavy atom. The molecule has 0 aliphatic carbocycles. The highest BCUT2D eigenvalue weighted by Gasteiger charge is 2.14. The van der Waals surface area contributed by atoms with Crippen molar-refractivity contribution in [2.75, 3.05) is 0 Å². The maximum absolute atomic E-state index is 12.5. The van der Waals surface area contributed by atoms with E-state index in [1.807, 2.05) is 0 Å². The summed E-state index contributed by atoms with van der Waals surface area (Å²) in [6, 6.07) is 2.88. The molecule has 0 fully saturated rings. The van der Waals surface area contributed by atoms with E-state index in [-0.39, 0.29) is 5.82 Å². The van der Waals surface area contributed by atoms with Crippen LogP contribution in [-0.2, 0) is 0 Å². The molecule has 2 rings (SSSR count). The van der Waals surface area contributed by atoms with Crippen LogP contribution < -0.4 is 5.73 Å². The molecule has 2 heterocycles. The Bertz CT molecular complexity index is 380. The Kier molecular flexibility index (Phi) is 1.77. The summed E-state index contributed by atoms with van der Waals surface area (Å²) in [6.45, 7) is 0. The molecule has 0 atom stereocenters.